The molecule has 4 nitrogen and oxygen atoms in total. The van der Waals surface area contributed by atoms with Crippen molar-refractivity contribution in [2.75, 3.05) is 20.8 Å². The number of aryl methyl sites for hydroxylation is 1. The number of benzene rings is 1. The number of rotatable bonds is 0. The molecule has 1 N–H and O–H groups in total. The van der Waals surface area contributed by atoms with Crippen molar-refractivity contribution in [1.82, 2.24) is 0 Å². The van der Waals surface area contributed by atoms with Crippen LogP contribution < -0.4 is 0 Å². The molecule has 0 radical (unpaired) electrons. The van der Waals surface area contributed by atoms with Gasteiger partial charge in [-0.25, -0.2) is 0 Å². The predicted molar refractivity (Wildman–Crippen MR) is 87.7 cm³/mol. The van der Waals surface area contributed by atoms with Gasteiger partial charge in [0, 0.05) is 14.2 Å². The SMILES string of the molecule is COC.C[C@]12CC[C@@H]3c4ccc(O)cc4CC[C@H]3[C@@H]1OCC2=O. The van der Waals surface area contributed by atoms with Crippen molar-refractivity contribution >= 4 is 5.78 Å². The van der Waals surface area contributed by atoms with Crippen LogP contribution in [0.15, 0.2) is 18.2 Å². The lowest BCUT2D eigenvalue weighted by molar-refractivity contribution is -0.126. The van der Waals surface area contributed by atoms with Gasteiger partial charge in [0.25, 0.3) is 0 Å². The summed E-state index contributed by atoms with van der Waals surface area (Å²) in [6, 6.07) is 5.76. The third-order valence-electron chi connectivity index (χ3n) is 5.81. The highest BCUT2D eigenvalue weighted by Gasteiger charge is 2.55. The molecule has 126 valence electrons. The summed E-state index contributed by atoms with van der Waals surface area (Å²) in [5, 5.41) is 9.64. The number of Topliss-reactive ketones (excluding diaryl/α,β-unsaturated/α-hetero) is 1. The Morgan fingerprint density at radius 2 is 2.04 bits per heavy atom. The number of ketones is 1. The van der Waals surface area contributed by atoms with Crippen molar-refractivity contribution in [2.24, 2.45) is 11.3 Å². The van der Waals surface area contributed by atoms with Crippen LogP contribution in [0.4, 0.5) is 0 Å². The van der Waals surface area contributed by atoms with Gasteiger partial charge in [-0.2, -0.15) is 0 Å². The van der Waals surface area contributed by atoms with E-state index in [2.05, 4.69) is 17.7 Å². The second-order valence-electron chi connectivity index (χ2n) is 7.21. The number of carbonyl (C=O) groups excluding carboxylic acids is 1. The summed E-state index contributed by atoms with van der Waals surface area (Å²) in [6.45, 7) is 2.39. The molecule has 1 aliphatic heterocycles. The van der Waals surface area contributed by atoms with E-state index in [-0.39, 0.29) is 17.3 Å². The van der Waals surface area contributed by atoms with Gasteiger partial charge in [0.1, 0.15) is 12.4 Å². The number of ether oxygens (including phenoxy) is 2. The van der Waals surface area contributed by atoms with Crippen molar-refractivity contribution in [3.05, 3.63) is 29.3 Å². The van der Waals surface area contributed by atoms with E-state index >= 15 is 0 Å². The van der Waals surface area contributed by atoms with Gasteiger partial charge in [0.2, 0.25) is 0 Å². The zero-order valence-corrected chi connectivity index (χ0v) is 14.2. The molecule has 1 heterocycles. The highest BCUT2D eigenvalue weighted by Crippen LogP contribution is 2.55. The summed E-state index contributed by atoms with van der Waals surface area (Å²) in [5.74, 6) is 1.59. The molecular weight excluding hydrogens is 292 g/mol. The molecule has 1 saturated heterocycles. The highest BCUT2D eigenvalue weighted by molar-refractivity contribution is 5.88. The zero-order valence-electron chi connectivity index (χ0n) is 14.2. The van der Waals surface area contributed by atoms with E-state index in [0.717, 1.165) is 25.7 Å². The van der Waals surface area contributed by atoms with Crippen molar-refractivity contribution in [1.29, 1.82) is 0 Å². The fourth-order valence-electron chi connectivity index (χ4n) is 4.66. The van der Waals surface area contributed by atoms with Crippen LogP contribution in [0.2, 0.25) is 0 Å². The van der Waals surface area contributed by atoms with E-state index in [1.165, 1.54) is 11.1 Å². The molecule has 0 amide bonds. The molecule has 1 aromatic carbocycles. The van der Waals surface area contributed by atoms with Gasteiger partial charge >= 0.3 is 0 Å². The molecule has 0 bridgehead atoms. The lowest BCUT2D eigenvalue weighted by Gasteiger charge is -2.46. The quantitative estimate of drug-likeness (QED) is 0.799. The van der Waals surface area contributed by atoms with Crippen LogP contribution in [0.1, 0.15) is 43.2 Å². The standard InChI is InChI=1S/C17H20O3.C2H6O/c1-17-7-6-13-12-5-3-11(18)8-10(12)2-4-14(13)16(17)20-9-15(17)19;1-3-2/h3,5,8,13-14,16,18H,2,4,6-7,9H2,1H3;1-2H3/t13-,14-,16+,17-;/m1./s1. The first-order valence-corrected chi connectivity index (χ1v) is 8.38. The smallest absolute Gasteiger partial charge is 0.166 e. The molecule has 4 heteroatoms. The first-order valence-electron chi connectivity index (χ1n) is 8.38. The minimum Gasteiger partial charge on any atom is -0.508 e. The van der Waals surface area contributed by atoms with E-state index in [1.807, 2.05) is 6.07 Å². The van der Waals surface area contributed by atoms with E-state index < -0.39 is 0 Å². The Morgan fingerprint density at radius 1 is 1.30 bits per heavy atom. The van der Waals surface area contributed by atoms with Gasteiger partial charge in [0.15, 0.2) is 5.78 Å². The predicted octanol–water partition coefficient (Wildman–Crippen LogP) is 3.07. The number of hydrogen-bond donors (Lipinski definition) is 1. The van der Waals surface area contributed by atoms with Crippen LogP contribution in [-0.4, -0.2) is 37.8 Å². The van der Waals surface area contributed by atoms with E-state index in [1.54, 1.807) is 20.3 Å². The van der Waals surface area contributed by atoms with Gasteiger partial charge < -0.3 is 14.6 Å². The van der Waals surface area contributed by atoms with E-state index in [9.17, 15) is 9.90 Å². The number of carbonyl (C=O) groups is 1. The zero-order chi connectivity index (χ0) is 16.6. The average molecular weight is 318 g/mol. The summed E-state index contributed by atoms with van der Waals surface area (Å²) in [6.07, 6.45) is 4.13. The minimum absolute atomic E-state index is 0.0932. The van der Waals surface area contributed by atoms with Crippen LogP contribution >= 0.6 is 0 Å². The molecule has 1 aromatic rings. The molecular formula is C19H26O4. The van der Waals surface area contributed by atoms with Crippen LogP contribution in [0.5, 0.6) is 5.75 Å². The number of aromatic hydroxyl groups is 1. The van der Waals surface area contributed by atoms with Crippen LogP contribution in [0.3, 0.4) is 0 Å². The Balaban J connectivity index is 0.000000485. The van der Waals surface area contributed by atoms with Crippen molar-refractivity contribution in [2.45, 2.75) is 44.6 Å². The van der Waals surface area contributed by atoms with Crippen molar-refractivity contribution < 1.29 is 19.4 Å². The Hall–Kier alpha value is -1.39. The summed E-state index contributed by atoms with van der Waals surface area (Å²) in [5.41, 5.74) is 2.39. The summed E-state index contributed by atoms with van der Waals surface area (Å²) < 4.78 is 10.1. The van der Waals surface area contributed by atoms with E-state index in [0.29, 0.717) is 24.2 Å². The molecule has 0 aromatic heterocycles. The monoisotopic (exact) mass is 318 g/mol. The van der Waals surface area contributed by atoms with Crippen molar-refractivity contribution in [3.8, 4) is 5.75 Å². The Kier molecular flexibility index (Phi) is 4.47. The Bertz CT molecular complexity index is 597. The number of fused-ring (bicyclic) bond motifs is 5. The number of hydrogen-bond acceptors (Lipinski definition) is 4. The normalized spacial score (nSPS) is 34.7. The Morgan fingerprint density at radius 3 is 2.78 bits per heavy atom. The third-order valence-corrected chi connectivity index (χ3v) is 5.81. The topological polar surface area (TPSA) is 55.8 Å². The number of phenols is 1. The third kappa shape index (κ3) is 2.68. The van der Waals surface area contributed by atoms with Gasteiger partial charge in [-0.3, -0.25) is 4.79 Å². The highest BCUT2D eigenvalue weighted by atomic mass is 16.5. The number of phenolic OH excluding ortho intramolecular Hbond substituents is 1. The number of methoxy groups -OCH3 is 1. The summed E-state index contributed by atoms with van der Waals surface area (Å²) in [7, 11) is 3.25. The molecule has 3 aliphatic rings. The maximum Gasteiger partial charge on any atom is 0.166 e. The van der Waals surface area contributed by atoms with Gasteiger partial charge in [-0.15, -0.1) is 0 Å². The fraction of sp³-hybridized carbons (Fsp3) is 0.632. The molecule has 4 rings (SSSR count). The first-order chi connectivity index (χ1) is 11.0. The molecule has 4 atom stereocenters. The second-order valence-corrected chi connectivity index (χ2v) is 7.21. The van der Waals surface area contributed by atoms with Crippen molar-refractivity contribution in [3.63, 3.8) is 0 Å². The molecule has 0 spiro atoms. The largest absolute Gasteiger partial charge is 0.508 e. The van der Waals surface area contributed by atoms with E-state index in [4.69, 9.17) is 4.74 Å². The summed E-state index contributed by atoms with van der Waals surface area (Å²) >= 11 is 0. The van der Waals surface area contributed by atoms with Crippen LogP contribution in [0.25, 0.3) is 0 Å². The fourth-order valence-corrected chi connectivity index (χ4v) is 4.66. The summed E-state index contributed by atoms with van der Waals surface area (Å²) in [4.78, 5) is 12.1. The first kappa shape index (κ1) is 16.5. The molecule has 1 saturated carbocycles. The molecule has 2 aliphatic carbocycles. The average Bonchev–Trinajstić information content (AvgIpc) is 2.83. The van der Waals surface area contributed by atoms with Gasteiger partial charge in [-0.1, -0.05) is 13.0 Å². The van der Waals surface area contributed by atoms with Crippen LogP contribution in [0, 0.1) is 11.3 Å². The Labute approximate surface area is 137 Å². The second kappa shape index (κ2) is 6.25. The van der Waals surface area contributed by atoms with Crippen LogP contribution in [-0.2, 0) is 20.7 Å². The molecule has 23 heavy (non-hydrogen) atoms. The minimum atomic E-state index is -0.254. The van der Waals surface area contributed by atoms with Gasteiger partial charge in [0.05, 0.1) is 11.5 Å². The molecule has 2 fully saturated rings. The molecule has 0 unspecified atom stereocenters. The lowest BCUT2D eigenvalue weighted by Crippen LogP contribution is -2.46. The maximum absolute atomic E-state index is 12.1. The van der Waals surface area contributed by atoms with Gasteiger partial charge in [-0.05, 0) is 60.8 Å². The lowest BCUT2D eigenvalue weighted by atomic mass is 9.58. The maximum atomic E-state index is 12.1.